The molecule has 1 aromatic carbocycles. The van der Waals surface area contributed by atoms with E-state index in [1.165, 1.54) is 16.7 Å². The fourth-order valence-corrected chi connectivity index (χ4v) is 3.41. The first-order chi connectivity index (χ1) is 9.84. The van der Waals surface area contributed by atoms with Crippen LogP contribution in [0.5, 0.6) is 0 Å². The van der Waals surface area contributed by atoms with Gasteiger partial charge in [-0.15, -0.1) is 11.3 Å². The molecule has 0 unspecified atom stereocenters. The minimum absolute atomic E-state index is 0.143. The van der Waals surface area contributed by atoms with Gasteiger partial charge in [-0.2, -0.15) is 0 Å². The Kier molecular flexibility index (Phi) is 4.48. The summed E-state index contributed by atoms with van der Waals surface area (Å²) in [7, 11) is 0. The molecular formula is C19H22OS. The molecule has 1 heterocycles. The summed E-state index contributed by atoms with van der Waals surface area (Å²) in [5.41, 5.74) is 7.64. The minimum Gasteiger partial charge on any atom is -0.289 e. The fourth-order valence-electron chi connectivity index (χ4n) is 2.69. The molecule has 0 atom stereocenters. The van der Waals surface area contributed by atoms with Crippen molar-refractivity contribution in [3.05, 3.63) is 61.3 Å². The van der Waals surface area contributed by atoms with E-state index in [1.807, 2.05) is 30.5 Å². The largest absolute Gasteiger partial charge is 0.289 e. The second-order valence-corrected chi connectivity index (χ2v) is 6.65. The van der Waals surface area contributed by atoms with Gasteiger partial charge in [0.1, 0.15) is 0 Å². The maximum atomic E-state index is 12.9. The molecule has 0 N–H and O–H groups in total. The second-order valence-electron chi connectivity index (χ2n) is 5.67. The van der Waals surface area contributed by atoms with E-state index in [0.29, 0.717) is 0 Å². The Morgan fingerprint density at radius 3 is 1.95 bits per heavy atom. The number of benzene rings is 1. The molecule has 2 rings (SSSR count). The standard InChI is InChI=1S/C19H22OS/c1-11(10-17-8-7-9-21-17)19(20)18-15(5)13(3)12(2)14(4)16(18)6/h7-10H,1-6H3/b11-10+. The topological polar surface area (TPSA) is 17.1 Å². The minimum atomic E-state index is 0.143. The Hall–Kier alpha value is -1.67. The molecule has 1 aromatic heterocycles. The second kappa shape index (κ2) is 5.98. The quantitative estimate of drug-likeness (QED) is 0.534. The van der Waals surface area contributed by atoms with Gasteiger partial charge in [-0.05, 0) is 92.5 Å². The van der Waals surface area contributed by atoms with E-state index in [1.54, 1.807) is 11.3 Å². The first-order valence-corrected chi connectivity index (χ1v) is 8.06. The molecule has 2 aromatic rings. The van der Waals surface area contributed by atoms with Gasteiger partial charge in [-0.25, -0.2) is 0 Å². The van der Waals surface area contributed by atoms with Crippen LogP contribution in [-0.2, 0) is 0 Å². The molecule has 0 bridgehead atoms. The van der Waals surface area contributed by atoms with Crippen LogP contribution >= 0.6 is 11.3 Å². The molecule has 1 nitrogen and oxygen atoms in total. The highest BCUT2D eigenvalue weighted by Crippen LogP contribution is 2.28. The molecule has 0 radical (unpaired) electrons. The lowest BCUT2D eigenvalue weighted by molar-refractivity contribution is 0.103. The lowest BCUT2D eigenvalue weighted by Gasteiger charge is -2.18. The molecule has 2 heteroatoms. The van der Waals surface area contributed by atoms with Crippen molar-refractivity contribution in [2.75, 3.05) is 0 Å². The van der Waals surface area contributed by atoms with E-state index in [2.05, 4.69) is 34.6 Å². The molecule has 0 spiro atoms. The zero-order chi connectivity index (χ0) is 15.7. The fraction of sp³-hybridized carbons (Fsp3) is 0.316. The van der Waals surface area contributed by atoms with Crippen LogP contribution in [0.4, 0.5) is 0 Å². The van der Waals surface area contributed by atoms with Crippen LogP contribution in [0, 0.1) is 34.6 Å². The third-order valence-corrected chi connectivity index (χ3v) is 5.31. The molecule has 0 amide bonds. The highest BCUT2D eigenvalue weighted by atomic mass is 32.1. The number of hydrogen-bond donors (Lipinski definition) is 0. The van der Waals surface area contributed by atoms with Gasteiger partial charge < -0.3 is 0 Å². The van der Waals surface area contributed by atoms with Crippen molar-refractivity contribution < 1.29 is 4.79 Å². The van der Waals surface area contributed by atoms with Crippen molar-refractivity contribution in [3.63, 3.8) is 0 Å². The van der Waals surface area contributed by atoms with Crippen LogP contribution in [0.1, 0.15) is 50.0 Å². The first-order valence-electron chi connectivity index (χ1n) is 7.18. The van der Waals surface area contributed by atoms with Crippen molar-refractivity contribution in [3.8, 4) is 0 Å². The molecule has 110 valence electrons. The van der Waals surface area contributed by atoms with Crippen LogP contribution in [0.15, 0.2) is 23.1 Å². The number of carbonyl (C=O) groups excluding carboxylic acids is 1. The van der Waals surface area contributed by atoms with Crippen molar-refractivity contribution in [1.82, 2.24) is 0 Å². The van der Waals surface area contributed by atoms with Crippen molar-refractivity contribution in [2.24, 2.45) is 0 Å². The first kappa shape index (κ1) is 15.7. The van der Waals surface area contributed by atoms with E-state index in [-0.39, 0.29) is 5.78 Å². The van der Waals surface area contributed by atoms with E-state index in [9.17, 15) is 4.79 Å². The summed E-state index contributed by atoms with van der Waals surface area (Å²) in [4.78, 5) is 14.0. The lowest BCUT2D eigenvalue weighted by Crippen LogP contribution is -2.10. The van der Waals surface area contributed by atoms with Gasteiger partial charge >= 0.3 is 0 Å². The predicted molar refractivity (Wildman–Crippen MR) is 92.4 cm³/mol. The van der Waals surface area contributed by atoms with Crippen molar-refractivity contribution >= 4 is 23.2 Å². The summed E-state index contributed by atoms with van der Waals surface area (Å²) in [5, 5.41) is 2.03. The highest BCUT2D eigenvalue weighted by Gasteiger charge is 2.19. The monoisotopic (exact) mass is 298 g/mol. The Balaban J connectivity index is 2.54. The third kappa shape index (κ3) is 2.86. The van der Waals surface area contributed by atoms with E-state index in [4.69, 9.17) is 0 Å². The highest BCUT2D eigenvalue weighted by molar-refractivity contribution is 7.10. The Morgan fingerprint density at radius 2 is 1.48 bits per heavy atom. The predicted octanol–water partition coefficient (Wildman–Crippen LogP) is 5.58. The number of Topliss-reactive ketones (excluding diaryl/α,β-unsaturated/α-hetero) is 1. The lowest BCUT2D eigenvalue weighted by atomic mass is 9.86. The number of carbonyl (C=O) groups is 1. The van der Waals surface area contributed by atoms with Gasteiger partial charge in [-0.3, -0.25) is 4.79 Å². The van der Waals surface area contributed by atoms with E-state index >= 15 is 0 Å². The van der Waals surface area contributed by atoms with Crippen LogP contribution in [-0.4, -0.2) is 5.78 Å². The molecule has 21 heavy (non-hydrogen) atoms. The molecule has 0 saturated heterocycles. The number of rotatable bonds is 3. The summed E-state index contributed by atoms with van der Waals surface area (Å²) in [5.74, 6) is 0.143. The average molecular weight is 298 g/mol. The summed E-state index contributed by atoms with van der Waals surface area (Å²) >= 11 is 1.65. The maximum absolute atomic E-state index is 12.9. The van der Waals surface area contributed by atoms with E-state index < -0.39 is 0 Å². The number of thiophene rings is 1. The molecular weight excluding hydrogens is 276 g/mol. The van der Waals surface area contributed by atoms with E-state index in [0.717, 1.165) is 27.1 Å². The van der Waals surface area contributed by atoms with Crippen LogP contribution in [0.2, 0.25) is 0 Å². The molecule has 0 fully saturated rings. The number of ketones is 1. The van der Waals surface area contributed by atoms with Crippen molar-refractivity contribution in [1.29, 1.82) is 0 Å². The van der Waals surface area contributed by atoms with Crippen LogP contribution < -0.4 is 0 Å². The zero-order valence-electron chi connectivity index (χ0n) is 13.6. The van der Waals surface area contributed by atoms with Gasteiger partial charge in [0.25, 0.3) is 0 Å². The molecule has 0 saturated carbocycles. The summed E-state index contributed by atoms with van der Waals surface area (Å²) < 4.78 is 0. The molecule has 0 aliphatic carbocycles. The van der Waals surface area contributed by atoms with Crippen molar-refractivity contribution in [2.45, 2.75) is 41.5 Å². The Morgan fingerprint density at radius 1 is 0.952 bits per heavy atom. The Bertz CT molecular complexity index is 690. The summed E-state index contributed by atoms with van der Waals surface area (Å²) in [6.45, 7) is 12.4. The number of allylic oxidation sites excluding steroid dienone is 1. The zero-order valence-corrected chi connectivity index (χ0v) is 14.4. The SMILES string of the molecule is C/C(=C\c1cccs1)C(=O)c1c(C)c(C)c(C)c(C)c1C. The van der Waals surface area contributed by atoms with Gasteiger partial charge in [0.15, 0.2) is 5.78 Å². The van der Waals surface area contributed by atoms with Crippen LogP contribution in [0.3, 0.4) is 0 Å². The summed E-state index contributed by atoms with van der Waals surface area (Å²) in [6, 6.07) is 4.04. The number of hydrogen-bond acceptors (Lipinski definition) is 2. The molecule has 0 aliphatic heterocycles. The molecule has 0 aliphatic rings. The van der Waals surface area contributed by atoms with Gasteiger partial charge in [-0.1, -0.05) is 6.07 Å². The van der Waals surface area contributed by atoms with Gasteiger partial charge in [0.05, 0.1) is 0 Å². The van der Waals surface area contributed by atoms with Gasteiger partial charge in [0, 0.05) is 10.4 Å². The van der Waals surface area contributed by atoms with Gasteiger partial charge in [0.2, 0.25) is 0 Å². The summed E-state index contributed by atoms with van der Waals surface area (Å²) in [6.07, 6.45) is 1.98. The third-order valence-electron chi connectivity index (χ3n) is 4.49. The van der Waals surface area contributed by atoms with Crippen LogP contribution in [0.25, 0.3) is 6.08 Å². The average Bonchev–Trinajstić information content (AvgIpc) is 2.96. The normalized spacial score (nSPS) is 11.8. The smallest absolute Gasteiger partial charge is 0.189 e. The maximum Gasteiger partial charge on any atom is 0.189 e. The Labute approximate surface area is 131 Å².